The topological polar surface area (TPSA) is 93.4 Å². The number of likely N-dealkylation sites (tertiary alicyclic amines) is 1. The third-order valence-corrected chi connectivity index (χ3v) is 3.34. The number of nitriles is 1. The molecule has 6 nitrogen and oxygen atoms in total. The molecule has 6 heteroatoms. The van der Waals surface area contributed by atoms with Gasteiger partial charge in [0.05, 0.1) is 17.6 Å². The minimum atomic E-state index is -0.985. The van der Waals surface area contributed by atoms with Gasteiger partial charge in [-0.1, -0.05) is 0 Å². The van der Waals surface area contributed by atoms with Crippen molar-refractivity contribution in [2.75, 3.05) is 18.4 Å². The first-order chi connectivity index (χ1) is 9.60. The average molecular weight is 273 g/mol. The zero-order valence-electron chi connectivity index (χ0n) is 10.9. The summed E-state index contributed by atoms with van der Waals surface area (Å²) in [4.78, 5) is 24.3. The van der Waals surface area contributed by atoms with Crippen molar-refractivity contribution in [3.05, 3.63) is 29.8 Å². The number of carbonyl (C=O) groups is 2. The van der Waals surface area contributed by atoms with Gasteiger partial charge in [-0.3, -0.25) is 4.79 Å². The summed E-state index contributed by atoms with van der Waals surface area (Å²) >= 11 is 0. The lowest BCUT2D eigenvalue weighted by Gasteiger charge is -2.29. The summed E-state index contributed by atoms with van der Waals surface area (Å²) in [5.74, 6) is -0.504. The third-order valence-electron chi connectivity index (χ3n) is 3.34. The van der Waals surface area contributed by atoms with Crippen molar-refractivity contribution in [1.29, 1.82) is 5.26 Å². The van der Waals surface area contributed by atoms with Gasteiger partial charge in [0.25, 0.3) is 0 Å². The van der Waals surface area contributed by atoms with Crippen LogP contribution in [-0.2, 0) is 4.79 Å². The molecule has 2 rings (SSSR count). The van der Waals surface area contributed by atoms with Crippen LogP contribution in [-0.4, -0.2) is 35.1 Å². The summed E-state index contributed by atoms with van der Waals surface area (Å²) in [6, 6.07) is 8.58. The molecule has 2 N–H and O–H groups in total. The van der Waals surface area contributed by atoms with Gasteiger partial charge in [0.2, 0.25) is 5.91 Å². The molecule has 1 aliphatic heterocycles. The molecule has 1 aliphatic rings. The van der Waals surface area contributed by atoms with E-state index in [1.54, 1.807) is 24.3 Å². The number of anilines is 1. The fraction of sp³-hybridized carbons (Fsp3) is 0.357. The lowest BCUT2D eigenvalue weighted by molar-refractivity contribution is -0.121. The number of nitrogens with zero attached hydrogens (tertiary/aromatic N) is 2. The van der Waals surface area contributed by atoms with E-state index in [9.17, 15) is 9.59 Å². The fourth-order valence-electron chi connectivity index (χ4n) is 2.24. The lowest BCUT2D eigenvalue weighted by Crippen LogP contribution is -2.43. The number of hydrogen-bond acceptors (Lipinski definition) is 3. The maximum absolute atomic E-state index is 12.1. The number of hydrogen-bond donors (Lipinski definition) is 2. The molecule has 1 heterocycles. The Kier molecular flexibility index (Phi) is 4.20. The van der Waals surface area contributed by atoms with Crippen molar-refractivity contribution >= 4 is 17.7 Å². The quantitative estimate of drug-likeness (QED) is 0.860. The van der Waals surface area contributed by atoms with Gasteiger partial charge in [-0.25, -0.2) is 4.79 Å². The molecule has 2 amide bonds. The molecule has 1 fully saturated rings. The molecule has 20 heavy (non-hydrogen) atoms. The van der Waals surface area contributed by atoms with E-state index in [1.807, 2.05) is 6.07 Å². The van der Waals surface area contributed by atoms with E-state index in [0.29, 0.717) is 30.6 Å². The molecule has 0 saturated carbocycles. The highest BCUT2D eigenvalue weighted by molar-refractivity contribution is 5.93. The van der Waals surface area contributed by atoms with Crippen LogP contribution in [0.5, 0.6) is 0 Å². The Balaban J connectivity index is 1.97. The number of piperidine rings is 1. The fourth-order valence-corrected chi connectivity index (χ4v) is 2.24. The Bertz CT molecular complexity index is 548. The Morgan fingerprint density at radius 2 is 2.05 bits per heavy atom. The summed E-state index contributed by atoms with van der Waals surface area (Å²) in [7, 11) is 0. The summed E-state index contributed by atoms with van der Waals surface area (Å²) in [5.41, 5.74) is 1.14. The van der Waals surface area contributed by atoms with Crippen molar-refractivity contribution in [1.82, 2.24) is 4.90 Å². The normalized spacial score (nSPS) is 18.1. The van der Waals surface area contributed by atoms with Crippen molar-refractivity contribution in [2.45, 2.75) is 12.8 Å². The number of carbonyl (C=O) groups excluding carboxylic acids is 1. The van der Waals surface area contributed by atoms with Crippen LogP contribution in [0, 0.1) is 17.2 Å². The molecule has 0 spiro atoms. The molecular weight excluding hydrogens is 258 g/mol. The molecule has 0 aromatic heterocycles. The SMILES string of the molecule is N#Cc1ccc(NC(=O)C2CCCN(C(=O)O)C2)cc1. The standard InChI is InChI=1S/C14H15N3O3/c15-8-10-3-5-12(6-4-10)16-13(18)11-2-1-7-17(9-11)14(19)20/h3-6,11H,1-2,7,9H2,(H,16,18)(H,19,20). The molecule has 0 radical (unpaired) electrons. The van der Waals surface area contributed by atoms with Crippen LogP contribution in [0.2, 0.25) is 0 Å². The van der Waals surface area contributed by atoms with Crippen LogP contribution in [0.15, 0.2) is 24.3 Å². The monoisotopic (exact) mass is 273 g/mol. The number of amides is 2. The van der Waals surface area contributed by atoms with Crippen LogP contribution in [0.4, 0.5) is 10.5 Å². The number of benzene rings is 1. The van der Waals surface area contributed by atoms with E-state index in [-0.39, 0.29) is 18.4 Å². The zero-order valence-corrected chi connectivity index (χ0v) is 10.9. The molecular formula is C14H15N3O3. The Morgan fingerprint density at radius 3 is 2.65 bits per heavy atom. The molecule has 1 saturated heterocycles. The molecule has 1 aromatic rings. The van der Waals surface area contributed by atoms with Gasteiger partial charge in [0.15, 0.2) is 0 Å². The first-order valence-electron chi connectivity index (χ1n) is 6.39. The van der Waals surface area contributed by atoms with E-state index in [4.69, 9.17) is 10.4 Å². The van der Waals surface area contributed by atoms with Crippen molar-refractivity contribution in [3.63, 3.8) is 0 Å². The molecule has 104 valence electrons. The highest BCUT2D eigenvalue weighted by Gasteiger charge is 2.28. The van der Waals surface area contributed by atoms with Crippen molar-refractivity contribution in [2.24, 2.45) is 5.92 Å². The van der Waals surface area contributed by atoms with Crippen molar-refractivity contribution in [3.8, 4) is 6.07 Å². The van der Waals surface area contributed by atoms with Gasteiger partial charge >= 0.3 is 6.09 Å². The number of rotatable bonds is 2. The summed E-state index contributed by atoms with van der Waals surface area (Å²) in [6.45, 7) is 0.716. The van der Waals surface area contributed by atoms with Crippen LogP contribution >= 0.6 is 0 Å². The van der Waals surface area contributed by atoms with Crippen LogP contribution in [0.25, 0.3) is 0 Å². The predicted octanol–water partition coefficient (Wildman–Crippen LogP) is 1.89. The first-order valence-corrected chi connectivity index (χ1v) is 6.39. The van der Waals surface area contributed by atoms with E-state index >= 15 is 0 Å². The van der Waals surface area contributed by atoms with Gasteiger partial charge in [-0.15, -0.1) is 0 Å². The van der Waals surface area contributed by atoms with E-state index in [2.05, 4.69) is 5.32 Å². The van der Waals surface area contributed by atoms with Gasteiger partial charge < -0.3 is 15.3 Å². The number of nitrogens with one attached hydrogen (secondary N) is 1. The second-order valence-electron chi connectivity index (χ2n) is 4.75. The molecule has 1 atom stereocenters. The van der Waals surface area contributed by atoms with E-state index in [0.717, 1.165) is 0 Å². The summed E-state index contributed by atoms with van der Waals surface area (Å²) < 4.78 is 0. The second-order valence-corrected chi connectivity index (χ2v) is 4.75. The van der Waals surface area contributed by atoms with Crippen molar-refractivity contribution < 1.29 is 14.7 Å². The van der Waals surface area contributed by atoms with Gasteiger partial charge in [0.1, 0.15) is 0 Å². The predicted molar refractivity (Wildman–Crippen MR) is 72.1 cm³/mol. The van der Waals surface area contributed by atoms with Crippen LogP contribution < -0.4 is 5.32 Å². The highest BCUT2D eigenvalue weighted by Crippen LogP contribution is 2.19. The van der Waals surface area contributed by atoms with Gasteiger partial charge in [-0.2, -0.15) is 5.26 Å². The Hall–Kier alpha value is -2.55. The largest absolute Gasteiger partial charge is 0.465 e. The summed E-state index contributed by atoms with van der Waals surface area (Å²) in [6.07, 6.45) is 0.393. The smallest absolute Gasteiger partial charge is 0.407 e. The Morgan fingerprint density at radius 1 is 1.35 bits per heavy atom. The van der Waals surface area contributed by atoms with Crippen LogP contribution in [0.1, 0.15) is 18.4 Å². The maximum Gasteiger partial charge on any atom is 0.407 e. The lowest BCUT2D eigenvalue weighted by atomic mass is 9.97. The summed E-state index contributed by atoms with van der Waals surface area (Å²) in [5, 5.41) is 20.4. The Labute approximate surface area is 116 Å². The second kappa shape index (κ2) is 6.06. The van der Waals surface area contributed by atoms with E-state index < -0.39 is 6.09 Å². The van der Waals surface area contributed by atoms with Gasteiger partial charge in [-0.05, 0) is 37.1 Å². The zero-order chi connectivity index (χ0) is 14.5. The van der Waals surface area contributed by atoms with E-state index in [1.165, 1.54) is 4.90 Å². The minimum Gasteiger partial charge on any atom is -0.465 e. The molecule has 0 aliphatic carbocycles. The first kappa shape index (κ1) is 13.9. The average Bonchev–Trinajstić information content (AvgIpc) is 2.48. The molecule has 1 unspecified atom stereocenters. The maximum atomic E-state index is 12.1. The number of carboxylic acid groups (broad SMARTS) is 1. The molecule has 0 bridgehead atoms. The third kappa shape index (κ3) is 3.26. The molecule has 1 aromatic carbocycles. The van der Waals surface area contributed by atoms with Gasteiger partial charge in [0, 0.05) is 18.8 Å². The highest BCUT2D eigenvalue weighted by atomic mass is 16.4. The van der Waals surface area contributed by atoms with Crippen LogP contribution in [0.3, 0.4) is 0 Å². The minimum absolute atomic E-state index is 0.180.